The lowest BCUT2D eigenvalue weighted by molar-refractivity contribution is -0.131. The summed E-state index contributed by atoms with van der Waals surface area (Å²) in [4.78, 5) is 40.5. The van der Waals surface area contributed by atoms with E-state index in [9.17, 15) is 9.59 Å². The smallest absolute Gasteiger partial charge is 0.255 e. The quantitative estimate of drug-likeness (QED) is 0.525. The van der Waals surface area contributed by atoms with Gasteiger partial charge in [0.2, 0.25) is 5.91 Å². The van der Waals surface area contributed by atoms with Gasteiger partial charge in [0.25, 0.3) is 5.91 Å². The van der Waals surface area contributed by atoms with Gasteiger partial charge in [0.1, 0.15) is 5.75 Å². The zero-order valence-corrected chi connectivity index (χ0v) is 23.8. The third kappa shape index (κ3) is 5.55. The number of hydrogen-bond acceptors (Lipinski definition) is 6. The third-order valence-corrected chi connectivity index (χ3v) is 9.80. The first-order valence-electron chi connectivity index (χ1n) is 15.2. The molecule has 0 radical (unpaired) electrons. The summed E-state index contributed by atoms with van der Waals surface area (Å²) < 4.78 is 5.28. The van der Waals surface area contributed by atoms with Gasteiger partial charge in [-0.15, -0.1) is 0 Å². The Morgan fingerprint density at radius 3 is 2.48 bits per heavy atom. The van der Waals surface area contributed by atoms with E-state index in [0.29, 0.717) is 29.9 Å². The lowest BCUT2D eigenvalue weighted by Gasteiger charge is -2.57. The van der Waals surface area contributed by atoms with Gasteiger partial charge in [0, 0.05) is 69.3 Å². The number of aromatic nitrogens is 1. The molecule has 0 aliphatic carbocycles. The maximum atomic E-state index is 13.8. The van der Waals surface area contributed by atoms with Crippen molar-refractivity contribution in [3.8, 4) is 5.75 Å². The summed E-state index contributed by atoms with van der Waals surface area (Å²) in [6.45, 7) is 6.41. The molecule has 4 fully saturated rings. The lowest BCUT2D eigenvalue weighted by atomic mass is 9.69. The van der Waals surface area contributed by atoms with E-state index in [0.717, 1.165) is 51.3 Å². The van der Waals surface area contributed by atoms with Gasteiger partial charge in [-0.25, -0.2) is 0 Å². The van der Waals surface area contributed by atoms with Crippen molar-refractivity contribution < 1.29 is 14.3 Å². The summed E-state index contributed by atoms with van der Waals surface area (Å²) in [7, 11) is 1.68. The number of amides is 2. The van der Waals surface area contributed by atoms with Crippen LogP contribution in [0.5, 0.6) is 5.75 Å². The Balaban J connectivity index is 1.08. The van der Waals surface area contributed by atoms with Gasteiger partial charge in [-0.3, -0.25) is 19.5 Å². The Labute approximate surface area is 238 Å². The SMILES string of the molecule is COc1ccc(N2CCN(C(=O)CCC[C@@H]3[C@H]4CCCN5CCC[C@@H](CN3C(=O)c3cccnc3)[C@@H]45)CC2)cc1. The van der Waals surface area contributed by atoms with Crippen LogP contribution in [0.2, 0.25) is 0 Å². The van der Waals surface area contributed by atoms with Gasteiger partial charge in [0.15, 0.2) is 0 Å². The molecule has 5 heterocycles. The molecular formula is C32H43N5O3. The number of likely N-dealkylation sites (tertiary alicyclic amines) is 1. The number of nitrogens with zero attached hydrogens (tertiary/aromatic N) is 5. The molecule has 4 aliphatic rings. The highest BCUT2D eigenvalue weighted by atomic mass is 16.5. The number of carbonyl (C=O) groups excluding carboxylic acids is 2. The molecule has 8 nitrogen and oxygen atoms in total. The molecule has 0 saturated carbocycles. The average Bonchev–Trinajstić information content (AvgIpc) is 3.02. The molecule has 4 saturated heterocycles. The Morgan fingerprint density at radius 2 is 1.75 bits per heavy atom. The van der Waals surface area contributed by atoms with Crippen molar-refractivity contribution in [1.29, 1.82) is 0 Å². The molecule has 2 aromatic rings. The molecule has 214 valence electrons. The minimum atomic E-state index is 0.111. The fourth-order valence-corrected chi connectivity index (χ4v) is 7.88. The van der Waals surface area contributed by atoms with Crippen LogP contribution in [0.25, 0.3) is 0 Å². The van der Waals surface area contributed by atoms with Crippen molar-refractivity contribution in [3.63, 3.8) is 0 Å². The van der Waals surface area contributed by atoms with Crippen molar-refractivity contribution in [2.75, 3.05) is 57.8 Å². The molecule has 40 heavy (non-hydrogen) atoms. The third-order valence-electron chi connectivity index (χ3n) is 9.80. The number of piperidine rings is 3. The Morgan fingerprint density at radius 1 is 0.975 bits per heavy atom. The fraction of sp³-hybridized carbons (Fsp3) is 0.594. The zero-order chi connectivity index (χ0) is 27.5. The highest BCUT2D eigenvalue weighted by Crippen LogP contribution is 2.43. The minimum Gasteiger partial charge on any atom is -0.497 e. The van der Waals surface area contributed by atoms with Crippen LogP contribution in [0.1, 0.15) is 55.3 Å². The Hall–Kier alpha value is -3.13. The summed E-state index contributed by atoms with van der Waals surface area (Å²) in [5, 5.41) is 0. The molecule has 0 N–H and O–H groups in total. The molecule has 8 heteroatoms. The molecule has 6 rings (SSSR count). The number of methoxy groups -OCH3 is 1. The van der Waals surface area contributed by atoms with Gasteiger partial charge in [-0.05, 0) is 99.8 Å². The maximum absolute atomic E-state index is 13.8. The molecule has 4 atom stereocenters. The number of rotatable bonds is 7. The predicted molar refractivity (Wildman–Crippen MR) is 156 cm³/mol. The van der Waals surface area contributed by atoms with Gasteiger partial charge >= 0.3 is 0 Å². The highest BCUT2D eigenvalue weighted by molar-refractivity contribution is 5.94. The number of piperazine rings is 1. The topological polar surface area (TPSA) is 69.2 Å². The highest BCUT2D eigenvalue weighted by Gasteiger charge is 2.49. The Bertz CT molecular complexity index is 1150. The predicted octanol–water partition coefficient (Wildman–Crippen LogP) is 3.92. The van der Waals surface area contributed by atoms with E-state index in [4.69, 9.17) is 4.74 Å². The average molecular weight is 546 g/mol. The lowest BCUT2D eigenvalue weighted by Crippen LogP contribution is -2.65. The fourth-order valence-electron chi connectivity index (χ4n) is 7.88. The molecule has 0 bridgehead atoms. The second kappa shape index (κ2) is 12.2. The second-order valence-electron chi connectivity index (χ2n) is 12.0. The van der Waals surface area contributed by atoms with Crippen LogP contribution in [-0.2, 0) is 4.79 Å². The van der Waals surface area contributed by atoms with Crippen LogP contribution >= 0.6 is 0 Å². The van der Waals surface area contributed by atoms with Crippen molar-refractivity contribution >= 4 is 17.5 Å². The van der Waals surface area contributed by atoms with E-state index in [1.165, 1.54) is 44.5 Å². The van der Waals surface area contributed by atoms with Crippen LogP contribution in [0.15, 0.2) is 48.8 Å². The first kappa shape index (κ1) is 27.1. The summed E-state index contributed by atoms with van der Waals surface area (Å²) in [5.41, 5.74) is 1.85. The van der Waals surface area contributed by atoms with Crippen molar-refractivity contribution in [2.45, 2.75) is 57.0 Å². The largest absolute Gasteiger partial charge is 0.497 e. The summed E-state index contributed by atoms with van der Waals surface area (Å²) in [6.07, 6.45) is 10.5. The number of anilines is 1. The van der Waals surface area contributed by atoms with E-state index >= 15 is 0 Å². The van der Waals surface area contributed by atoms with Gasteiger partial charge in [-0.2, -0.15) is 0 Å². The first-order chi connectivity index (χ1) is 19.6. The Kier molecular flexibility index (Phi) is 8.23. The minimum absolute atomic E-state index is 0.111. The van der Waals surface area contributed by atoms with E-state index < -0.39 is 0 Å². The number of pyridine rings is 1. The van der Waals surface area contributed by atoms with Crippen molar-refractivity contribution in [2.24, 2.45) is 11.8 Å². The van der Waals surface area contributed by atoms with Gasteiger partial charge in [0.05, 0.1) is 12.7 Å². The molecule has 0 spiro atoms. The summed E-state index contributed by atoms with van der Waals surface area (Å²) >= 11 is 0. The van der Waals surface area contributed by atoms with Gasteiger partial charge in [-0.1, -0.05) is 0 Å². The maximum Gasteiger partial charge on any atom is 0.255 e. The molecule has 1 aromatic carbocycles. The molecule has 2 amide bonds. The standard InChI is InChI=1S/C32H43N5O3/c1-40-27-13-11-26(12-14-27)34-18-20-35(21-19-34)30(38)10-2-9-29-28-8-5-17-36-16-4-7-25(31(28)36)23-37(29)32(39)24-6-3-15-33-22-24/h3,6,11-15,22,25,28-29,31H,2,4-5,7-10,16-21,23H2,1H3/t25-,28+,29+,31-/m0/s1. The number of benzene rings is 1. The van der Waals surface area contributed by atoms with Crippen LogP contribution in [-0.4, -0.2) is 96.5 Å². The van der Waals surface area contributed by atoms with Crippen LogP contribution in [0, 0.1) is 11.8 Å². The van der Waals surface area contributed by atoms with Crippen molar-refractivity contribution in [3.05, 3.63) is 54.4 Å². The monoisotopic (exact) mass is 545 g/mol. The number of hydrogen-bond donors (Lipinski definition) is 0. The van der Waals surface area contributed by atoms with Gasteiger partial charge < -0.3 is 19.4 Å². The summed E-state index contributed by atoms with van der Waals surface area (Å²) in [5.74, 6) is 2.27. The molecule has 1 aromatic heterocycles. The van der Waals surface area contributed by atoms with Crippen LogP contribution in [0.3, 0.4) is 0 Å². The van der Waals surface area contributed by atoms with Crippen molar-refractivity contribution in [1.82, 2.24) is 19.7 Å². The van der Waals surface area contributed by atoms with E-state index in [-0.39, 0.29) is 17.9 Å². The molecular weight excluding hydrogens is 502 g/mol. The number of carbonyl (C=O) groups is 2. The zero-order valence-electron chi connectivity index (χ0n) is 23.8. The van der Waals surface area contributed by atoms with E-state index in [2.05, 4.69) is 31.8 Å². The normalized spacial score (nSPS) is 26.8. The molecule has 0 unspecified atom stereocenters. The molecule has 4 aliphatic heterocycles. The van der Waals surface area contributed by atoms with Crippen LogP contribution in [0.4, 0.5) is 5.69 Å². The second-order valence-corrected chi connectivity index (χ2v) is 12.0. The van der Waals surface area contributed by atoms with E-state index in [1.54, 1.807) is 19.5 Å². The van der Waals surface area contributed by atoms with Crippen LogP contribution < -0.4 is 9.64 Å². The first-order valence-corrected chi connectivity index (χ1v) is 15.2. The van der Waals surface area contributed by atoms with E-state index in [1.807, 2.05) is 29.2 Å². The number of ether oxygens (including phenoxy) is 1. The summed E-state index contributed by atoms with van der Waals surface area (Å²) in [6, 6.07) is 12.7.